The first-order valence-corrected chi connectivity index (χ1v) is 5.91. The normalized spacial score (nSPS) is 13.8. The molecule has 0 aromatic carbocycles. The minimum atomic E-state index is -4.39. The van der Waals surface area contributed by atoms with Gasteiger partial charge in [0.2, 0.25) is 0 Å². The zero-order valence-electron chi connectivity index (χ0n) is 11.7. The van der Waals surface area contributed by atoms with Crippen LogP contribution >= 0.6 is 0 Å². The molecule has 1 aromatic heterocycles. The molecule has 102 valence electrons. The highest BCUT2D eigenvalue weighted by atomic mass is 19.4. The lowest BCUT2D eigenvalue weighted by molar-refractivity contribution is -0.141. The van der Waals surface area contributed by atoms with E-state index in [0.29, 0.717) is 5.56 Å². The third-order valence-electron chi connectivity index (χ3n) is 2.81. The summed E-state index contributed by atoms with van der Waals surface area (Å²) >= 11 is 0. The zero-order valence-corrected chi connectivity index (χ0v) is 11.7. The van der Waals surface area contributed by atoms with Crippen LogP contribution in [-0.4, -0.2) is 4.98 Å². The molecule has 0 radical (unpaired) electrons. The number of nitrogens with zero attached hydrogens (tertiary/aromatic N) is 1. The van der Waals surface area contributed by atoms with Crippen molar-refractivity contribution in [2.45, 2.75) is 58.5 Å². The number of rotatable bonds is 0. The van der Waals surface area contributed by atoms with Gasteiger partial charge in [-0.25, -0.2) is 0 Å². The molecular formula is C14H20F3N. The average Bonchev–Trinajstić information content (AvgIpc) is 2.12. The quantitative estimate of drug-likeness (QED) is 0.658. The van der Waals surface area contributed by atoms with Crippen LogP contribution in [0.2, 0.25) is 0 Å². The summed E-state index contributed by atoms with van der Waals surface area (Å²) in [4.78, 5) is 3.57. The van der Waals surface area contributed by atoms with E-state index in [1.54, 1.807) is 0 Å². The van der Waals surface area contributed by atoms with Crippen LogP contribution in [0.4, 0.5) is 13.2 Å². The Morgan fingerprint density at radius 2 is 1.28 bits per heavy atom. The fourth-order valence-corrected chi connectivity index (χ4v) is 1.83. The van der Waals surface area contributed by atoms with Crippen LogP contribution in [-0.2, 0) is 17.0 Å². The molecule has 0 spiro atoms. The molecule has 0 atom stereocenters. The molecule has 0 amide bonds. The summed E-state index contributed by atoms with van der Waals surface area (Å²) in [7, 11) is 0. The Bertz CT molecular complexity index is 434. The van der Waals surface area contributed by atoms with Crippen molar-refractivity contribution in [3.8, 4) is 0 Å². The maximum absolute atomic E-state index is 12.7. The van der Waals surface area contributed by atoms with Crippen LogP contribution < -0.4 is 0 Å². The maximum Gasteiger partial charge on any atom is 0.433 e. The van der Waals surface area contributed by atoms with Crippen LogP contribution in [0.15, 0.2) is 12.3 Å². The summed E-state index contributed by atoms with van der Waals surface area (Å²) in [5.74, 6) is 0. The molecule has 1 nitrogen and oxygen atoms in total. The molecule has 1 heterocycles. The first kappa shape index (κ1) is 15.0. The predicted molar refractivity (Wildman–Crippen MR) is 66.6 cm³/mol. The van der Waals surface area contributed by atoms with Gasteiger partial charge in [-0.15, -0.1) is 0 Å². The molecule has 0 saturated carbocycles. The van der Waals surface area contributed by atoms with Crippen molar-refractivity contribution in [2.75, 3.05) is 0 Å². The van der Waals surface area contributed by atoms with E-state index in [-0.39, 0.29) is 10.8 Å². The molecule has 0 fully saturated rings. The number of alkyl halides is 3. The van der Waals surface area contributed by atoms with Crippen molar-refractivity contribution >= 4 is 0 Å². The van der Waals surface area contributed by atoms with Gasteiger partial charge in [0.1, 0.15) is 5.69 Å². The second-order valence-corrected chi connectivity index (χ2v) is 6.61. The summed E-state index contributed by atoms with van der Waals surface area (Å²) in [6.45, 7) is 11.7. The van der Waals surface area contributed by atoms with E-state index in [4.69, 9.17) is 0 Å². The zero-order chi connectivity index (χ0) is 14.4. The van der Waals surface area contributed by atoms with Gasteiger partial charge in [-0.3, -0.25) is 4.98 Å². The Balaban J connectivity index is 3.50. The lowest BCUT2D eigenvalue weighted by Gasteiger charge is -2.30. The third-order valence-corrected chi connectivity index (χ3v) is 2.81. The Labute approximate surface area is 106 Å². The fourth-order valence-electron chi connectivity index (χ4n) is 1.83. The molecule has 0 aliphatic rings. The van der Waals surface area contributed by atoms with Crippen molar-refractivity contribution in [3.63, 3.8) is 0 Å². The molecule has 0 N–H and O–H groups in total. The molecule has 0 aliphatic carbocycles. The highest BCUT2D eigenvalue weighted by molar-refractivity contribution is 5.37. The number of hydrogen-bond donors (Lipinski definition) is 0. The van der Waals surface area contributed by atoms with Crippen LogP contribution in [0.1, 0.15) is 58.4 Å². The summed E-state index contributed by atoms with van der Waals surface area (Å²) in [5, 5.41) is 0. The largest absolute Gasteiger partial charge is 0.433 e. The highest BCUT2D eigenvalue weighted by Gasteiger charge is 2.35. The summed E-state index contributed by atoms with van der Waals surface area (Å²) in [6.07, 6.45) is -3.03. The molecule has 18 heavy (non-hydrogen) atoms. The second kappa shape index (κ2) is 4.25. The van der Waals surface area contributed by atoms with Gasteiger partial charge >= 0.3 is 6.18 Å². The Hall–Kier alpha value is -1.06. The van der Waals surface area contributed by atoms with E-state index in [1.165, 1.54) is 12.3 Å². The van der Waals surface area contributed by atoms with E-state index in [1.807, 2.05) is 41.5 Å². The molecule has 0 aliphatic heterocycles. The molecule has 1 aromatic rings. The van der Waals surface area contributed by atoms with Gasteiger partial charge in [-0.1, -0.05) is 41.5 Å². The number of aromatic nitrogens is 1. The van der Waals surface area contributed by atoms with Gasteiger partial charge in [0.15, 0.2) is 0 Å². The van der Waals surface area contributed by atoms with Crippen molar-refractivity contribution in [3.05, 3.63) is 29.1 Å². The topological polar surface area (TPSA) is 12.9 Å². The smallest absolute Gasteiger partial charge is 0.251 e. The predicted octanol–water partition coefficient (Wildman–Crippen LogP) is 4.70. The van der Waals surface area contributed by atoms with Crippen molar-refractivity contribution in [1.29, 1.82) is 0 Å². The highest BCUT2D eigenvalue weighted by Crippen LogP contribution is 2.37. The van der Waals surface area contributed by atoms with Gasteiger partial charge in [0.05, 0.1) is 0 Å². The Morgan fingerprint density at radius 1 is 0.833 bits per heavy atom. The maximum atomic E-state index is 12.7. The number of hydrogen-bond acceptors (Lipinski definition) is 1. The Morgan fingerprint density at radius 3 is 1.61 bits per heavy atom. The molecule has 1 rings (SSSR count). The molecule has 4 heteroatoms. The molecule has 0 bridgehead atoms. The molecular weight excluding hydrogens is 239 g/mol. The van der Waals surface area contributed by atoms with Gasteiger partial charge in [-0.2, -0.15) is 13.2 Å². The van der Waals surface area contributed by atoms with E-state index in [9.17, 15) is 13.2 Å². The average molecular weight is 259 g/mol. The fraction of sp³-hybridized carbons (Fsp3) is 0.643. The van der Waals surface area contributed by atoms with E-state index in [2.05, 4.69) is 4.98 Å². The van der Waals surface area contributed by atoms with Crippen molar-refractivity contribution in [1.82, 2.24) is 4.98 Å². The minimum Gasteiger partial charge on any atom is -0.251 e. The van der Waals surface area contributed by atoms with Crippen LogP contribution in [0.5, 0.6) is 0 Å². The number of pyridine rings is 1. The second-order valence-electron chi connectivity index (χ2n) is 6.61. The third kappa shape index (κ3) is 3.24. The van der Waals surface area contributed by atoms with Crippen LogP contribution in [0.3, 0.4) is 0 Å². The monoisotopic (exact) mass is 259 g/mol. The minimum absolute atomic E-state index is 0.222. The van der Waals surface area contributed by atoms with Gasteiger partial charge in [-0.05, 0) is 28.0 Å². The SMILES string of the molecule is CC(C)(C)c1cnc(C(F)(F)F)cc1C(C)(C)C. The van der Waals surface area contributed by atoms with Gasteiger partial charge in [0, 0.05) is 6.20 Å². The lowest BCUT2D eigenvalue weighted by Crippen LogP contribution is -2.24. The van der Waals surface area contributed by atoms with Crippen LogP contribution in [0.25, 0.3) is 0 Å². The summed E-state index contributed by atoms with van der Waals surface area (Å²) in [6, 6.07) is 1.18. The molecule has 0 unspecified atom stereocenters. The van der Waals surface area contributed by atoms with E-state index in [0.717, 1.165) is 5.56 Å². The Kier molecular flexibility index (Phi) is 3.54. The molecule has 0 saturated heterocycles. The summed E-state index contributed by atoms with van der Waals surface area (Å²) in [5.41, 5.74) is 0.187. The lowest BCUT2D eigenvalue weighted by atomic mass is 9.76. The summed E-state index contributed by atoms with van der Waals surface area (Å²) < 4.78 is 38.2. The van der Waals surface area contributed by atoms with Gasteiger partial charge < -0.3 is 0 Å². The van der Waals surface area contributed by atoms with E-state index < -0.39 is 11.9 Å². The van der Waals surface area contributed by atoms with Gasteiger partial charge in [0.25, 0.3) is 0 Å². The standard InChI is InChI=1S/C14H20F3N/c1-12(2,3)9-7-11(14(15,16)17)18-8-10(9)13(4,5)6/h7-8H,1-6H3. The first-order valence-electron chi connectivity index (χ1n) is 5.91. The van der Waals surface area contributed by atoms with E-state index >= 15 is 0 Å². The first-order chi connectivity index (χ1) is 7.83. The number of halogens is 3. The van der Waals surface area contributed by atoms with Crippen LogP contribution in [0, 0.1) is 0 Å². The van der Waals surface area contributed by atoms with Crippen molar-refractivity contribution < 1.29 is 13.2 Å². The van der Waals surface area contributed by atoms with Crippen molar-refractivity contribution in [2.24, 2.45) is 0 Å².